The maximum Gasteiger partial charge on any atom is 0.294 e. The smallest absolute Gasteiger partial charge is 0.294 e. The van der Waals surface area contributed by atoms with Crippen LogP contribution in [0.25, 0.3) is 246 Å². The Morgan fingerprint density at radius 1 is 0.183 bits per heavy atom. The molecule has 0 aliphatic carbocycles. The SMILES string of the molecule is Cc1ccc2[nH]c(-c3ccc(-c4nc5cc(-c6ccc7[nH]c(-c8cc(-c9nc%10cc(-c%11nc%12ccc(C)cc%12[nH]%11)ccc%10[nH]9)cc(S(=O)(=O)O)c8)nc7c6)ccc5[nH]4)cc3)nc2c1.Cc1ccc2[nH]c(-c3cccc(-c4nc5cc(-c6ccc7[nH]c(-c8cc(-c9nc%10cc(-c%11nc%12ccc(C)cc%12[nH]%11)ccc%10[nH]9)cc(S(=O)(=O)O)c8)nc7c6)ccc5[nH]4)c3)nc2c1. The number of nitrogens with one attached hydrogen (secondary N) is 10. The molecule has 10 aromatic heterocycles. The zero-order valence-corrected chi connectivity index (χ0v) is 68.9. The standard InChI is InChI=1S/2C49H34N10O3S/c1-25-3-12-35-40(17-25)55-45(50-35)27-5-7-28(8-6-27)46-51-37-14-9-29(22-42(37)57-46)30-10-15-38-43(23-30)58-48(53-38)32-19-33(21-34(20-32)63(60,61)62)49-54-39-16-11-31(24-44(39)59-49)47-52-36-13-4-26(2)18-41(36)56-47;1-25-6-11-35-40(16-25)55-45(50-35)29-4-3-5-30(18-29)46-52-37-13-8-27(22-42(37)57-46)28-9-14-38-43(23-28)58-48(53-38)32-19-33(21-34(20-32)63(60,61)62)49-54-39-15-10-31(24-44(39)59-49)47-51-36-12-7-26(2)17-41(36)56-47/h3-24H,1-2H3,(H,50,55)(H,51,57)(H,52,56)(H,53,58)(H,54,59)(H,60,61,62);3-24H,1-2H3,(H,50,55)(H,51,56)(H,52,57)(H,53,58)(H,54,59)(H,60,61,62). The van der Waals surface area contributed by atoms with E-state index in [4.69, 9.17) is 49.8 Å². The summed E-state index contributed by atoms with van der Waals surface area (Å²) < 4.78 is 70.9. The van der Waals surface area contributed by atoms with Crippen LogP contribution in [0.1, 0.15) is 22.3 Å². The Labute approximate surface area is 714 Å². The van der Waals surface area contributed by atoms with Crippen LogP contribution in [-0.4, -0.2) is 126 Å². The van der Waals surface area contributed by atoms with Crippen molar-refractivity contribution in [3.63, 3.8) is 0 Å². The summed E-state index contributed by atoms with van der Waals surface area (Å²) in [5.41, 5.74) is 32.5. The van der Waals surface area contributed by atoms with Gasteiger partial charge in [0.2, 0.25) is 0 Å². The third kappa shape index (κ3) is 13.8. The molecule has 26 nitrogen and oxygen atoms in total. The van der Waals surface area contributed by atoms with Crippen LogP contribution in [0, 0.1) is 27.7 Å². The van der Waals surface area contributed by atoms with Crippen LogP contribution < -0.4 is 0 Å². The molecule has 10 heterocycles. The van der Waals surface area contributed by atoms with Crippen molar-refractivity contribution in [1.29, 1.82) is 0 Å². The lowest BCUT2D eigenvalue weighted by Crippen LogP contribution is -1.99. The van der Waals surface area contributed by atoms with E-state index in [0.29, 0.717) is 73.4 Å². The molecule has 0 bridgehead atoms. The Bertz CT molecular complexity index is 8900. The summed E-state index contributed by atoms with van der Waals surface area (Å²) in [4.78, 5) is 81.8. The van der Waals surface area contributed by atoms with Gasteiger partial charge in [0.05, 0.1) is 120 Å². The zero-order valence-electron chi connectivity index (χ0n) is 67.2. The van der Waals surface area contributed by atoms with Crippen molar-refractivity contribution in [1.82, 2.24) is 99.7 Å². The molecule has 12 N–H and O–H groups in total. The quantitative estimate of drug-likeness (QED) is 0.0450. The second-order valence-corrected chi connectivity index (χ2v) is 34.8. The monoisotopic (exact) mass is 1680 g/mol. The number of aromatic nitrogens is 20. The second kappa shape index (κ2) is 28.6. The predicted molar refractivity (Wildman–Crippen MR) is 493 cm³/mol. The molecule has 0 aliphatic heterocycles. The normalized spacial score (nSPS) is 12.2. The Morgan fingerprint density at radius 3 is 0.675 bits per heavy atom. The zero-order chi connectivity index (χ0) is 85.1. The summed E-state index contributed by atoms with van der Waals surface area (Å²) in [7, 11) is -9.18. The molecule has 0 amide bonds. The molecule has 126 heavy (non-hydrogen) atoms. The van der Waals surface area contributed by atoms with E-state index in [1.807, 2.05) is 190 Å². The molecule has 0 spiro atoms. The number of aryl methyl sites for hydroxylation is 4. The first-order valence-electron chi connectivity index (χ1n) is 40.4. The van der Waals surface area contributed by atoms with Gasteiger partial charge >= 0.3 is 0 Å². The van der Waals surface area contributed by atoms with Gasteiger partial charge in [-0.05, 0) is 248 Å². The van der Waals surface area contributed by atoms with Crippen LogP contribution >= 0.6 is 0 Å². The van der Waals surface area contributed by atoms with E-state index < -0.39 is 20.2 Å². The topological polar surface area (TPSA) is 396 Å². The number of rotatable bonds is 14. The summed E-state index contributed by atoms with van der Waals surface area (Å²) in [5, 5.41) is 0. The number of H-pyrrole nitrogens is 10. The second-order valence-electron chi connectivity index (χ2n) is 31.9. The number of benzene rings is 14. The maximum absolute atomic E-state index is 12.6. The van der Waals surface area contributed by atoms with Crippen LogP contribution in [0.5, 0.6) is 0 Å². The number of hydrogen-bond acceptors (Lipinski definition) is 14. The minimum Gasteiger partial charge on any atom is -0.338 e. The highest BCUT2D eigenvalue weighted by Gasteiger charge is 2.24. The average Bonchev–Trinajstić information content (AvgIpc) is 1.64. The predicted octanol–water partition coefficient (Wildman–Crippen LogP) is 21.9. The molecule has 0 fully saturated rings. The van der Waals surface area contributed by atoms with Crippen molar-refractivity contribution in [3.8, 4) is 136 Å². The summed E-state index contributed by atoms with van der Waals surface area (Å²) in [6, 6.07) is 85.7. The number of fused-ring (bicyclic) bond motifs is 10. The van der Waals surface area contributed by atoms with Gasteiger partial charge in [0, 0.05) is 55.6 Å². The molecule has 0 unspecified atom stereocenters. The van der Waals surface area contributed by atoms with Gasteiger partial charge in [-0.3, -0.25) is 9.11 Å². The maximum atomic E-state index is 12.6. The molecule has 608 valence electrons. The van der Waals surface area contributed by atoms with Crippen molar-refractivity contribution in [2.75, 3.05) is 0 Å². The van der Waals surface area contributed by atoms with E-state index in [2.05, 4.69) is 118 Å². The highest BCUT2D eigenvalue weighted by molar-refractivity contribution is 7.86. The molecule has 28 heteroatoms. The first-order valence-corrected chi connectivity index (χ1v) is 43.3. The van der Waals surface area contributed by atoms with Gasteiger partial charge in [0.15, 0.2) is 0 Å². The highest BCUT2D eigenvalue weighted by atomic mass is 32.2. The van der Waals surface area contributed by atoms with Gasteiger partial charge in [-0.15, -0.1) is 0 Å². The van der Waals surface area contributed by atoms with E-state index in [1.54, 1.807) is 12.1 Å². The highest BCUT2D eigenvalue weighted by Crippen LogP contribution is 2.39. The van der Waals surface area contributed by atoms with Gasteiger partial charge in [0.1, 0.15) is 58.2 Å². The Balaban J connectivity index is 0.000000145. The molecule has 0 radical (unpaired) electrons. The Hall–Kier alpha value is -16.4. The van der Waals surface area contributed by atoms with Gasteiger partial charge < -0.3 is 49.8 Å². The van der Waals surface area contributed by atoms with Crippen molar-refractivity contribution in [2.45, 2.75) is 37.5 Å². The van der Waals surface area contributed by atoms with Gasteiger partial charge in [-0.2, -0.15) is 16.8 Å². The van der Waals surface area contributed by atoms with Crippen LogP contribution in [0.4, 0.5) is 0 Å². The molecule has 0 atom stereocenters. The van der Waals surface area contributed by atoms with E-state index in [1.165, 1.54) is 29.8 Å². The summed E-state index contributed by atoms with van der Waals surface area (Å²) in [5.74, 6) is 6.29. The van der Waals surface area contributed by atoms with Crippen molar-refractivity contribution in [2.24, 2.45) is 0 Å². The number of hydrogen-bond donors (Lipinski definition) is 12. The minimum atomic E-state index is -4.59. The molecule has 0 aliphatic rings. The summed E-state index contributed by atoms with van der Waals surface area (Å²) in [6.45, 7) is 8.20. The first-order chi connectivity index (χ1) is 61.0. The van der Waals surface area contributed by atoms with Crippen LogP contribution in [-0.2, 0) is 20.2 Å². The van der Waals surface area contributed by atoms with E-state index in [0.717, 1.165) is 190 Å². The van der Waals surface area contributed by atoms with Crippen molar-refractivity contribution in [3.05, 3.63) is 289 Å². The molecular weight excluding hydrogens is 1620 g/mol. The van der Waals surface area contributed by atoms with Crippen LogP contribution in [0.2, 0.25) is 0 Å². The van der Waals surface area contributed by atoms with E-state index in [-0.39, 0.29) is 9.79 Å². The lowest BCUT2D eigenvalue weighted by Gasteiger charge is -2.05. The Kier molecular flexibility index (Phi) is 17.0. The van der Waals surface area contributed by atoms with Gasteiger partial charge in [0.25, 0.3) is 20.2 Å². The lowest BCUT2D eigenvalue weighted by molar-refractivity contribution is 0.481. The number of imidazole rings is 10. The fourth-order valence-corrected chi connectivity index (χ4v) is 17.6. The fraction of sp³-hybridized carbons (Fsp3) is 0.0408. The van der Waals surface area contributed by atoms with Crippen molar-refractivity contribution >= 4 is 131 Å². The van der Waals surface area contributed by atoms with Crippen LogP contribution in [0.3, 0.4) is 0 Å². The molecule has 24 aromatic rings. The summed E-state index contributed by atoms with van der Waals surface area (Å²) >= 11 is 0. The molecule has 14 aromatic carbocycles. The van der Waals surface area contributed by atoms with Gasteiger partial charge in [-0.1, -0.05) is 91.0 Å². The van der Waals surface area contributed by atoms with Gasteiger partial charge in [-0.25, -0.2) is 49.8 Å². The third-order valence-electron chi connectivity index (χ3n) is 23.0. The molecular formula is C98H68N20O6S2. The third-order valence-corrected chi connectivity index (χ3v) is 24.7. The average molecular weight is 1690 g/mol. The van der Waals surface area contributed by atoms with E-state index in [9.17, 15) is 25.9 Å². The molecule has 0 saturated heterocycles. The number of nitrogens with zero attached hydrogens (tertiary/aromatic N) is 10. The first kappa shape index (κ1) is 74.6. The van der Waals surface area contributed by atoms with Crippen molar-refractivity contribution < 1.29 is 25.9 Å². The number of aromatic amines is 10. The fourth-order valence-electron chi connectivity index (χ4n) is 16.5. The molecule has 0 saturated carbocycles. The Morgan fingerprint density at radius 2 is 0.381 bits per heavy atom. The van der Waals surface area contributed by atoms with Crippen LogP contribution in [0.15, 0.2) is 277 Å². The van der Waals surface area contributed by atoms with E-state index >= 15 is 0 Å². The lowest BCUT2D eigenvalue weighted by atomic mass is 10.0. The largest absolute Gasteiger partial charge is 0.338 e. The summed E-state index contributed by atoms with van der Waals surface area (Å²) in [6.07, 6.45) is 0. The minimum absolute atomic E-state index is 0.279. The molecule has 24 rings (SSSR count).